The van der Waals surface area contributed by atoms with Gasteiger partial charge in [0.25, 0.3) is 0 Å². The van der Waals surface area contributed by atoms with E-state index in [9.17, 15) is 14.7 Å². The molecule has 0 aromatic carbocycles. The van der Waals surface area contributed by atoms with Crippen molar-refractivity contribution in [2.75, 3.05) is 12.4 Å². The Morgan fingerprint density at radius 2 is 1.83 bits per heavy atom. The number of carbonyl (C=O) groups is 2. The van der Waals surface area contributed by atoms with Crippen LogP contribution in [0.15, 0.2) is 0 Å². The first-order valence-electron chi connectivity index (χ1n) is 5.88. The fraction of sp³-hybridized carbons (Fsp3) is 0.833. The molecule has 0 spiro atoms. The number of carboxylic acid groups (broad SMARTS) is 1. The van der Waals surface area contributed by atoms with Crippen LogP contribution in [0.5, 0.6) is 0 Å². The Kier molecular flexibility index (Phi) is 6.46. The van der Waals surface area contributed by atoms with Gasteiger partial charge >= 0.3 is 12.1 Å². The van der Waals surface area contributed by atoms with Crippen molar-refractivity contribution in [1.82, 2.24) is 4.90 Å². The van der Waals surface area contributed by atoms with Crippen LogP contribution in [-0.2, 0) is 9.53 Å². The van der Waals surface area contributed by atoms with Gasteiger partial charge in [-0.1, -0.05) is 13.8 Å². The van der Waals surface area contributed by atoms with E-state index in [1.165, 1.54) is 4.90 Å². The molecule has 0 aromatic rings. The lowest BCUT2D eigenvalue weighted by Crippen LogP contribution is -2.50. The van der Waals surface area contributed by atoms with E-state index in [1.807, 2.05) is 0 Å². The lowest BCUT2D eigenvalue weighted by atomic mass is 10.0. The van der Waals surface area contributed by atoms with Crippen molar-refractivity contribution in [3.8, 4) is 0 Å². The summed E-state index contributed by atoms with van der Waals surface area (Å²) in [4.78, 5) is 24.4. The molecule has 0 aliphatic carbocycles. The summed E-state index contributed by atoms with van der Waals surface area (Å²) < 4.78 is 5.20. The van der Waals surface area contributed by atoms with Crippen LogP contribution in [0, 0.1) is 5.92 Å². The van der Waals surface area contributed by atoms with Gasteiger partial charge in [-0.2, -0.15) is 0 Å². The normalized spacial score (nSPS) is 13.3. The third-order valence-corrected chi connectivity index (χ3v) is 2.34. The van der Waals surface area contributed by atoms with Gasteiger partial charge in [-0.15, -0.1) is 11.6 Å². The summed E-state index contributed by atoms with van der Waals surface area (Å²) in [6, 6.07) is -0.932. The molecule has 1 amide bonds. The van der Waals surface area contributed by atoms with Crippen molar-refractivity contribution >= 4 is 23.7 Å². The van der Waals surface area contributed by atoms with E-state index in [0.717, 1.165) is 0 Å². The van der Waals surface area contributed by atoms with E-state index in [4.69, 9.17) is 16.3 Å². The highest BCUT2D eigenvalue weighted by atomic mass is 35.5. The number of aliphatic carboxylic acids is 1. The van der Waals surface area contributed by atoms with E-state index >= 15 is 0 Å². The van der Waals surface area contributed by atoms with Gasteiger partial charge in [-0.25, -0.2) is 9.59 Å². The summed E-state index contributed by atoms with van der Waals surface area (Å²) in [5.74, 6) is -1.12. The van der Waals surface area contributed by atoms with Gasteiger partial charge in [0, 0.05) is 12.4 Å². The van der Waals surface area contributed by atoms with Crippen LogP contribution in [0.3, 0.4) is 0 Å². The molecule has 0 unspecified atom stereocenters. The molecule has 0 heterocycles. The maximum Gasteiger partial charge on any atom is 0.411 e. The molecule has 106 valence electrons. The van der Waals surface area contributed by atoms with Gasteiger partial charge in [0.05, 0.1) is 0 Å². The Morgan fingerprint density at radius 1 is 1.33 bits per heavy atom. The van der Waals surface area contributed by atoms with Crippen LogP contribution < -0.4 is 0 Å². The number of amides is 1. The Hall–Kier alpha value is -0.970. The summed E-state index contributed by atoms with van der Waals surface area (Å²) in [7, 11) is 0. The summed E-state index contributed by atoms with van der Waals surface area (Å²) in [6.07, 6.45) is -0.649. The molecule has 0 rings (SSSR count). The Morgan fingerprint density at radius 3 is 2.11 bits per heavy atom. The minimum atomic E-state index is -1.05. The minimum Gasteiger partial charge on any atom is -0.480 e. The Balaban J connectivity index is 5.03. The molecule has 0 aromatic heterocycles. The van der Waals surface area contributed by atoms with Gasteiger partial charge < -0.3 is 9.84 Å². The third kappa shape index (κ3) is 5.58. The molecule has 0 aliphatic heterocycles. The quantitative estimate of drug-likeness (QED) is 0.786. The van der Waals surface area contributed by atoms with E-state index in [-0.39, 0.29) is 18.3 Å². The second-order valence-corrected chi connectivity index (χ2v) is 5.77. The minimum absolute atomic E-state index is 0.144. The van der Waals surface area contributed by atoms with Crippen LogP contribution in [0.2, 0.25) is 0 Å². The summed E-state index contributed by atoms with van der Waals surface area (Å²) >= 11 is 5.62. The fourth-order valence-electron chi connectivity index (χ4n) is 1.53. The van der Waals surface area contributed by atoms with Gasteiger partial charge in [0.1, 0.15) is 11.6 Å². The van der Waals surface area contributed by atoms with Crippen LogP contribution in [0.4, 0.5) is 4.79 Å². The highest BCUT2D eigenvalue weighted by molar-refractivity contribution is 6.18. The zero-order valence-electron chi connectivity index (χ0n) is 11.6. The smallest absolute Gasteiger partial charge is 0.411 e. The summed E-state index contributed by atoms with van der Waals surface area (Å²) in [5.41, 5.74) is -0.665. The average molecular weight is 280 g/mol. The highest BCUT2D eigenvalue weighted by Gasteiger charge is 2.34. The molecule has 0 fully saturated rings. The molecule has 6 heteroatoms. The first-order chi connectivity index (χ1) is 8.10. The number of carboxylic acids is 1. The van der Waals surface area contributed by atoms with Gasteiger partial charge in [-0.05, 0) is 26.7 Å². The maximum absolute atomic E-state index is 12.0. The highest BCUT2D eigenvalue weighted by Crippen LogP contribution is 2.16. The van der Waals surface area contributed by atoms with E-state index < -0.39 is 23.7 Å². The molecule has 0 bridgehead atoms. The van der Waals surface area contributed by atoms with Crippen molar-refractivity contribution < 1.29 is 19.4 Å². The second kappa shape index (κ2) is 6.83. The summed E-state index contributed by atoms with van der Waals surface area (Å²) in [5, 5.41) is 9.20. The molecule has 0 saturated carbocycles. The van der Waals surface area contributed by atoms with Gasteiger partial charge in [-0.3, -0.25) is 4.90 Å². The molecule has 0 radical (unpaired) electrons. The number of ether oxygens (including phenoxy) is 1. The Labute approximate surface area is 113 Å². The first kappa shape index (κ1) is 17.0. The topological polar surface area (TPSA) is 66.8 Å². The molecule has 1 N–H and O–H groups in total. The number of nitrogens with zero attached hydrogens (tertiary/aromatic N) is 1. The molecular weight excluding hydrogens is 258 g/mol. The standard InChI is InChI=1S/C12H22ClNO4/c1-8(2)9(10(15)16)14(7-6-13)11(17)18-12(3,4)5/h8-9H,6-7H2,1-5H3,(H,15,16)/t9-/m0/s1. The SMILES string of the molecule is CC(C)[C@@H](C(=O)O)N(CCCl)C(=O)OC(C)(C)C. The van der Waals surface area contributed by atoms with E-state index in [0.29, 0.717) is 0 Å². The van der Waals surface area contributed by atoms with Gasteiger partial charge in [0.15, 0.2) is 0 Å². The van der Waals surface area contributed by atoms with Gasteiger partial charge in [0.2, 0.25) is 0 Å². The number of halogens is 1. The zero-order valence-corrected chi connectivity index (χ0v) is 12.3. The molecule has 18 heavy (non-hydrogen) atoms. The number of rotatable bonds is 5. The zero-order chi connectivity index (χ0) is 14.5. The van der Waals surface area contributed by atoms with Crippen molar-refractivity contribution in [3.05, 3.63) is 0 Å². The van der Waals surface area contributed by atoms with Crippen molar-refractivity contribution in [3.63, 3.8) is 0 Å². The summed E-state index contributed by atoms with van der Waals surface area (Å²) in [6.45, 7) is 8.82. The van der Waals surface area contributed by atoms with Crippen molar-refractivity contribution in [2.45, 2.75) is 46.3 Å². The molecule has 5 nitrogen and oxygen atoms in total. The number of hydrogen-bond donors (Lipinski definition) is 1. The van der Waals surface area contributed by atoms with Crippen molar-refractivity contribution in [2.24, 2.45) is 5.92 Å². The predicted octanol–water partition coefficient (Wildman–Crippen LogP) is 2.57. The third-order valence-electron chi connectivity index (χ3n) is 2.17. The number of carbonyl (C=O) groups excluding carboxylic acids is 1. The number of alkyl halides is 1. The Bertz CT molecular complexity index is 299. The number of hydrogen-bond acceptors (Lipinski definition) is 3. The van der Waals surface area contributed by atoms with E-state index in [1.54, 1.807) is 34.6 Å². The largest absolute Gasteiger partial charge is 0.480 e. The predicted molar refractivity (Wildman–Crippen MR) is 69.9 cm³/mol. The monoisotopic (exact) mass is 279 g/mol. The molecular formula is C12H22ClNO4. The fourth-order valence-corrected chi connectivity index (χ4v) is 1.72. The van der Waals surface area contributed by atoms with Crippen LogP contribution in [0.1, 0.15) is 34.6 Å². The molecule has 1 atom stereocenters. The van der Waals surface area contributed by atoms with Crippen LogP contribution in [-0.4, -0.2) is 46.1 Å². The van der Waals surface area contributed by atoms with Crippen LogP contribution in [0.25, 0.3) is 0 Å². The lowest BCUT2D eigenvalue weighted by molar-refractivity contribution is -0.144. The second-order valence-electron chi connectivity index (χ2n) is 5.39. The first-order valence-corrected chi connectivity index (χ1v) is 6.42. The average Bonchev–Trinajstić information content (AvgIpc) is 2.12. The maximum atomic E-state index is 12.0. The molecule has 0 saturated heterocycles. The lowest BCUT2D eigenvalue weighted by Gasteiger charge is -2.32. The van der Waals surface area contributed by atoms with Crippen LogP contribution >= 0.6 is 11.6 Å². The van der Waals surface area contributed by atoms with E-state index in [2.05, 4.69) is 0 Å². The van der Waals surface area contributed by atoms with Crippen molar-refractivity contribution in [1.29, 1.82) is 0 Å². The molecule has 0 aliphatic rings.